The Morgan fingerprint density at radius 3 is 2.52 bits per heavy atom. The van der Waals surface area contributed by atoms with Gasteiger partial charge in [-0.15, -0.1) is 11.6 Å². The minimum atomic E-state index is -0.617. The highest BCUT2D eigenvalue weighted by atomic mass is 35.5. The van der Waals surface area contributed by atoms with E-state index in [0.717, 1.165) is 21.9 Å². The maximum Gasteiger partial charge on any atom is 0.251 e. The molecule has 2 amide bonds. The molecule has 0 saturated carbocycles. The SMILES string of the molecule is N#CCNC(=O)C(CNC(=O)c1cccc(CCl)c1)c1ccc2ccccc2c1. The molecule has 1 unspecified atom stereocenters. The summed E-state index contributed by atoms with van der Waals surface area (Å²) in [4.78, 5) is 25.2. The number of fused-ring (bicyclic) bond motifs is 1. The normalized spacial score (nSPS) is 11.4. The van der Waals surface area contributed by atoms with Crippen LogP contribution in [0.3, 0.4) is 0 Å². The lowest BCUT2D eigenvalue weighted by atomic mass is 9.95. The van der Waals surface area contributed by atoms with Gasteiger partial charge in [0.15, 0.2) is 0 Å². The van der Waals surface area contributed by atoms with Gasteiger partial charge in [0.1, 0.15) is 6.54 Å². The summed E-state index contributed by atoms with van der Waals surface area (Å²) in [5, 5.41) is 16.3. The zero-order chi connectivity index (χ0) is 20.6. The van der Waals surface area contributed by atoms with Crippen molar-refractivity contribution in [3.63, 3.8) is 0 Å². The number of benzene rings is 3. The second kappa shape index (κ2) is 9.72. The number of nitriles is 1. The van der Waals surface area contributed by atoms with E-state index in [4.69, 9.17) is 16.9 Å². The number of amides is 2. The minimum Gasteiger partial charge on any atom is -0.351 e. The Balaban J connectivity index is 1.82. The van der Waals surface area contributed by atoms with E-state index in [0.29, 0.717) is 11.4 Å². The fraction of sp³-hybridized carbons (Fsp3) is 0.174. The molecule has 0 fully saturated rings. The van der Waals surface area contributed by atoms with Crippen molar-refractivity contribution in [2.75, 3.05) is 13.1 Å². The number of hydrogen-bond acceptors (Lipinski definition) is 3. The van der Waals surface area contributed by atoms with Gasteiger partial charge in [0.05, 0.1) is 12.0 Å². The van der Waals surface area contributed by atoms with Crippen molar-refractivity contribution in [2.45, 2.75) is 11.8 Å². The largest absolute Gasteiger partial charge is 0.351 e. The van der Waals surface area contributed by atoms with Crippen molar-refractivity contribution in [1.29, 1.82) is 5.26 Å². The maximum absolute atomic E-state index is 12.7. The number of carbonyl (C=O) groups is 2. The van der Waals surface area contributed by atoms with Gasteiger partial charge in [0.25, 0.3) is 5.91 Å². The molecule has 0 aliphatic heterocycles. The van der Waals surface area contributed by atoms with Gasteiger partial charge in [-0.25, -0.2) is 0 Å². The van der Waals surface area contributed by atoms with Crippen LogP contribution in [0.2, 0.25) is 0 Å². The Bertz CT molecular complexity index is 1070. The zero-order valence-electron chi connectivity index (χ0n) is 15.7. The van der Waals surface area contributed by atoms with Crippen LogP contribution in [-0.4, -0.2) is 24.9 Å². The molecule has 29 heavy (non-hydrogen) atoms. The molecule has 3 aromatic rings. The third kappa shape index (κ3) is 5.13. The molecule has 0 aromatic heterocycles. The van der Waals surface area contributed by atoms with E-state index in [9.17, 15) is 9.59 Å². The molecule has 0 saturated heterocycles. The average molecular weight is 406 g/mol. The van der Waals surface area contributed by atoms with Crippen molar-refractivity contribution in [1.82, 2.24) is 10.6 Å². The highest BCUT2D eigenvalue weighted by molar-refractivity contribution is 6.17. The molecule has 3 aromatic carbocycles. The van der Waals surface area contributed by atoms with Crippen LogP contribution in [0.5, 0.6) is 0 Å². The van der Waals surface area contributed by atoms with E-state index in [1.165, 1.54) is 0 Å². The van der Waals surface area contributed by atoms with Crippen molar-refractivity contribution >= 4 is 34.2 Å². The fourth-order valence-corrected chi connectivity index (χ4v) is 3.30. The number of nitrogens with zero attached hydrogens (tertiary/aromatic N) is 1. The third-order valence-electron chi connectivity index (χ3n) is 4.64. The highest BCUT2D eigenvalue weighted by Crippen LogP contribution is 2.22. The summed E-state index contributed by atoms with van der Waals surface area (Å²) >= 11 is 5.84. The highest BCUT2D eigenvalue weighted by Gasteiger charge is 2.22. The van der Waals surface area contributed by atoms with Crippen LogP contribution in [0.15, 0.2) is 66.7 Å². The predicted octanol–water partition coefficient (Wildman–Crippen LogP) is 3.73. The second-order valence-corrected chi connectivity index (χ2v) is 6.85. The lowest BCUT2D eigenvalue weighted by molar-refractivity contribution is -0.122. The summed E-state index contributed by atoms with van der Waals surface area (Å²) in [6, 6.07) is 22.6. The van der Waals surface area contributed by atoms with Gasteiger partial charge in [-0.3, -0.25) is 9.59 Å². The Kier molecular flexibility index (Phi) is 6.83. The topological polar surface area (TPSA) is 82.0 Å². The average Bonchev–Trinajstić information content (AvgIpc) is 2.77. The first-order valence-electron chi connectivity index (χ1n) is 9.19. The Labute approximate surface area is 174 Å². The lowest BCUT2D eigenvalue weighted by Crippen LogP contribution is -2.37. The first kappa shape index (κ1) is 20.4. The number of carbonyl (C=O) groups excluding carboxylic acids is 2. The molecule has 0 aliphatic rings. The molecule has 0 bridgehead atoms. The fourth-order valence-electron chi connectivity index (χ4n) is 3.13. The van der Waals surface area contributed by atoms with E-state index in [-0.39, 0.29) is 24.9 Å². The maximum atomic E-state index is 12.7. The summed E-state index contributed by atoms with van der Waals surface area (Å²) in [5.41, 5.74) is 2.10. The number of alkyl halides is 1. The van der Waals surface area contributed by atoms with Crippen LogP contribution in [0.4, 0.5) is 0 Å². The predicted molar refractivity (Wildman–Crippen MR) is 114 cm³/mol. The molecule has 0 aliphatic carbocycles. The molecule has 6 heteroatoms. The summed E-state index contributed by atoms with van der Waals surface area (Å²) in [6.45, 7) is 0.0220. The Morgan fingerprint density at radius 2 is 1.76 bits per heavy atom. The molecule has 5 nitrogen and oxygen atoms in total. The number of halogens is 1. The van der Waals surface area contributed by atoms with Crippen molar-refractivity contribution in [2.24, 2.45) is 0 Å². The van der Waals surface area contributed by atoms with Gasteiger partial charge in [-0.05, 0) is 34.0 Å². The lowest BCUT2D eigenvalue weighted by Gasteiger charge is -2.18. The molecule has 3 rings (SSSR count). The molecule has 2 N–H and O–H groups in total. The van der Waals surface area contributed by atoms with Gasteiger partial charge in [-0.2, -0.15) is 5.26 Å². The van der Waals surface area contributed by atoms with Crippen molar-refractivity contribution in [3.8, 4) is 6.07 Å². The van der Waals surface area contributed by atoms with Crippen LogP contribution in [0.1, 0.15) is 27.4 Å². The summed E-state index contributed by atoms with van der Waals surface area (Å²) in [5.74, 6) is -0.891. The van der Waals surface area contributed by atoms with Gasteiger partial charge in [-0.1, -0.05) is 54.6 Å². The van der Waals surface area contributed by atoms with E-state index in [1.54, 1.807) is 18.2 Å². The third-order valence-corrected chi connectivity index (χ3v) is 4.95. The standard InChI is InChI=1S/C23H20ClN3O2/c24-14-16-4-3-7-20(12-16)22(28)27-15-21(23(29)26-11-10-25)19-9-8-17-5-1-2-6-18(17)13-19/h1-9,12-13,21H,11,14-15H2,(H,26,29)(H,27,28). The minimum absolute atomic E-state index is 0.0887. The number of hydrogen-bond donors (Lipinski definition) is 2. The molecular weight excluding hydrogens is 386 g/mol. The second-order valence-electron chi connectivity index (χ2n) is 6.58. The smallest absolute Gasteiger partial charge is 0.251 e. The first-order valence-corrected chi connectivity index (χ1v) is 9.72. The van der Waals surface area contributed by atoms with Crippen molar-refractivity contribution in [3.05, 3.63) is 83.4 Å². The van der Waals surface area contributed by atoms with Gasteiger partial charge in [0, 0.05) is 18.0 Å². The molecule has 0 heterocycles. The number of nitrogens with one attached hydrogen (secondary N) is 2. The van der Waals surface area contributed by atoms with Crippen LogP contribution in [-0.2, 0) is 10.7 Å². The van der Waals surface area contributed by atoms with Crippen LogP contribution >= 0.6 is 11.6 Å². The van der Waals surface area contributed by atoms with E-state index in [1.807, 2.05) is 54.6 Å². The molecular formula is C23H20ClN3O2. The molecule has 0 spiro atoms. The zero-order valence-corrected chi connectivity index (χ0v) is 16.4. The van der Waals surface area contributed by atoms with Crippen LogP contribution < -0.4 is 10.6 Å². The van der Waals surface area contributed by atoms with Crippen molar-refractivity contribution < 1.29 is 9.59 Å². The van der Waals surface area contributed by atoms with E-state index < -0.39 is 5.92 Å². The molecule has 146 valence electrons. The van der Waals surface area contributed by atoms with Gasteiger partial charge >= 0.3 is 0 Å². The quantitative estimate of drug-likeness (QED) is 0.464. The van der Waals surface area contributed by atoms with E-state index >= 15 is 0 Å². The van der Waals surface area contributed by atoms with Gasteiger partial charge < -0.3 is 10.6 Å². The first-order chi connectivity index (χ1) is 14.1. The van der Waals surface area contributed by atoms with E-state index in [2.05, 4.69) is 10.6 Å². The van der Waals surface area contributed by atoms with Crippen LogP contribution in [0, 0.1) is 11.3 Å². The Morgan fingerprint density at radius 1 is 0.966 bits per heavy atom. The number of rotatable bonds is 7. The van der Waals surface area contributed by atoms with Gasteiger partial charge in [0.2, 0.25) is 5.91 Å². The summed E-state index contributed by atoms with van der Waals surface area (Å²) < 4.78 is 0. The Hall–Kier alpha value is -3.36. The summed E-state index contributed by atoms with van der Waals surface area (Å²) in [7, 11) is 0. The van der Waals surface area contributed by atoms with Crippen LogP contribution in [0.25, 0.3) is 10.8 Å². The monoisotopic (exact) mass is 405 g/mol. The summed E-state index contributed by atoms with van der Waals surface area (Å²) in [6.07, 6.45) is 0. The molecule has 1 atom stereocenters. The molecule has 0 radical (unpaired) electrons.